The van der Waals surface area contributed by atoms with Gasteiger partial charge in [-0.3, -0.25) is 19.4 Å². The Labute approximate surface area is 204 Å². The normalized spacial score (nSPS) is 21.7. The second kappa shape index (κ2) is 10.8. The van der Waals surface area contributed by atoms with Gasteiger partial charge >= 0.3 is 11.9 Å². The second-order valence-corrected chi connectivity index (χ2v) is 8.83. The molecule has 182 valence electrons. The van der Waals surface area contributed by atoms with Crippen molar-refractivity contribution >= 4 is 23.4 Å². The molecule has 1 heterocycles. The van der Waals surface area contributed by atoms with Gasteiger partial charge in [-0.15, -0.1) is 0 Å². The number of ketones is 1. The first-order chi connectivity index (χ1) is 16.9. The molecule has 0 radical (unpaired) electrons. The molecule has 1 aliphatic heterocycles. The van der Waals surface area contributed by atoms with E-state index in [1.54, 1.807) is 24.3 Å². The average Bonchev–Trinajstić information content (AvgIpc) is 2.84. The summed E-state index contributed by atoms with van der Waals surface area (Å²) in [7, 11) is 1.54. The molecule has 0 fully saturated rings. The number of benzene rings is 2. The number of methoxy groups -OCH3 is 1. The summed E-state index contributed by atoms with van der Waals surface area (Å²) in [5.41, 5.74) is 3.77. The number of carbonyl (C=O) groups is 3. The summed E-state index contributed by atoms with van der Waals surface area (Å²) in [6.07, 6.45) is 0.973. The van der Waals surface area contributed by atoms with Gasteiger partial charge in [-0.25, -0.2) is 0 Å². The van der Waals surface area contributed by atoms with Crippen molar-refractivity contribution in [1.29, 1.82) is 0 Å². The van der Waals surface area contributed by atoms with Crippen LogP contribution in [0.5, 0.6) is 5.75 Å². The fourth-order valence-electron chi connectivity index (χ4n) is 4.91. The predicted molar refractivity (Wildman–Crippen MR) is 130 cm³/mol. The summed E-state index contributed by atoms with van der Waals surface area (Å²) in [5, 5.41) is 0. The van der Waals surface area contributed by atoms with Crippen LogP contribution in [0.25, 0.3) is 0 Å². The van der Waals surface area contributed by atoms with Crippen molar-refractivity contribution in [3.05, 3.63) is 77.0 Å². The Morgan fingerprint density at radius 2 is 1.69 bits per heavy atom. The van der Waals surface area contributed by atoms with E-state index >= 15 is 0 Å². The van der Waals surface area contributed by atoms with Crippen LogP contribution in [0.15, 0.2) is 70.9 Å². The first-order valence-corrected chi connectivity index (χ1v) is 11.7. The van der Waals surface area contributed by atoms with Gasteiger partial charge in [0.2, 0.25) is 0 Å². The van der Waals surface area contributed by atoms with Gasteiger partial charge in [0.05, 0.1) is 6.61 Å². The Bertz CT molecular complexity index is 1170. The van der Waals surface area contributed by atoms with E-state index in [0.29, 0.717) is 29.9 Å². The van der Waals surface area contributed by atoms with E-state index in [9.17, 15) is 14.4 Å². The maximum atomic E-state index is 13.6. The molecule has 35 heavy (non-hydrogen) atoms. The number of carbonyl (C=O) groups excluding carboxylic acids is 3. The van der Waals surface area contributed by atoms with Gasteiger partial charge < -0.3 is 14.2 Å². The molecule has 0 aromatic heterocycles. The molecule has 1 aliphatic carbocycles. The van der Waals surface area contributed by atoms with Gasteiger partial charge in [-0.1, -0.05) is 42.5 Å². The standard InChI is InChI=1S/C28H29NO6/c1-17-25(28(32)34-14-13-33-3)26(20-9-11-22(12-10-20)35-18(2)30)27-23(29-17)15-21(16-24(27)31)19-7-5-4-6-8-19/h4-12,21,25-26H,13-16H2,1-3H3/t21-,25?,26-/m0/s1. The topological polar surface area (TPSA) is 91.3 Å². The monoisotopic (exact) mass is 475 g/mol. The lowest BCUT2D eigenvalue weighted by molar-refractivity contribution is -0.147. The Balaban J connectivity index is 1.73. The molecule has 7 nitrogen and oxygen atoms in total. The van der Waals surface area contributed by atoms with Gasteiger partial charge in [0.25, 0.3) is 0 Å². The van der Waals surface area contributed by atoms with Gasteiger partial charge in [0.1, 0.15) is 18.3 Å². The van der Waals surface area contributed by atoms with Crippen molar-refractivity contribution < 1.29 is 28.6 Å². The van der Waals surface area contributed by atoms with Gasteiger partial charge in [0.15, 0.2) is 5.78 Å². The smallest absolute Gasteiger partial charge is 0.315 e. The van der Waals surface area contributed by atoms with Crippen molar-refractivity contribution in [3.63, 3.8) is 0 Å². The second-order valence-electron chi connectivity index (χ2n) is 8.83. The van der Waals surface area contributed by atoms with Gasteiger partial charge in [0, 0.05) is 43.4 Å². The summed E-state index contributed by atoms with van der Waals surface area (Å²) in [6, 6.07) is 16.9. The number of ether oxygens (including phenoxy) is 3. The largest absolute Gasteiger partial charge is 0.463 e. The molecule has 1 unspecified atom stereocenters. The van der Waals surface area contributed by atoms with Crippen molar-refractivity contribution in [3.8, 4) is 5.75 Å². The first-order valence-electron chi connectivity index (χ1n) is 11.7. The summed E-state index contributed by atoms with van der Waals surface area (Å²) in [6.45, 7) is 3.54. The number of rotatable bonds is 7. The highest BCUT2D eigenvalue weighted by Gasteiger charge is 2.44. The van der Waals surface area contributed by atoms with Crippen LogP contribution in [0.3, 0.4) is 0 Å². The molecule has 0 amide bonds. The highest BCUT2D eigenvalue weighted by molar-refractivity contribution is 6.09. The molecular formula is C28H29NO6. The van der Waals surface area contributed by atoms with Crippen LogP contribution in [-0.4, -0.2) is 43.8 Å². The Hall–Kier alpha value is -3.58. The third-order valence-electron chi connectivity index (χ3n) is 6.45. The zero-order valence-electron chi connectivity index (χ0n) is 20.2. The van der Waals surface area contributed by atoms with Crippen molar-refractivity contribution in [1.82, 2.24) is 0 Å². The van der Waals surface area contributed by atoms with Gasteiger partial charge in [-0.05, 0) is 42.5 Å². The molecule has 4 rings (SSSR count). The average molecular weight is 476 g/mol. The number of nitrogens with zero attached hydrogens (tertiary/aromatic N) is 1. The summed E-state index contributed by atoms with van der Waals surface area (Å²) >= 11 is 0. The van der Waals surface area contributed by atoms with E-state index in [4.69, 9.17) is 19.2 Å². The number of esters is 2. The zero-order chi connectivity index (χ0) is 24.9. The van der Waals surface area contributed by atoms with E-state index in [-0.39, 0.29) is 24.9 Å². The van der Waals surface area contributed by atoms with Crippen molar-refractivity contribution in [2.24, 2.45) is 10.9 Å². The molecule has 0 spiro atoms. The molecule has 2 aliphatic rings. The highest BCUT2D eigenvalue weighted by atomic mass is 16.6. The Kier molecular flexibility index (Phi) is 7.56. The minimum atomic E-state index is -0.734. The number of allylic oxidation sites excluding steroid dienone is 2. The van der Waals surface area contributed by atoms with Crippen LogP contribution in [-0.2, 0) is 23.9 Å². The van der Waals surface area contributed by atoms with E-state index in [1.807, 2.05) is 37.3 Å². The molecule has 3 atom stereocenters. The quantitative estimate of drug-likeness (QED) is 0.335. The molecule has 0 bridgehead atoms. The van der Waals surface area contributed by atoms with Crippen molar-refractivity contribution in [2.45, 2.75) is 38.5 Å². The number of aliphatic imine (C=N–C) groups is 1. The molecule has 7 heteroatoms. The maximum Gasteiger partial charge on any atom is 0.315 e. The minimum Gasteiger partial charge on any atom is -0.463 e. The maximum absolute atomic E-state index is 13.6. The lowest BCUT2D eigenvalue weighted by atomic mass is 9.69. The number of hydrogen-bond donors (Lipinski definition) is 0. The lowest BCUT2D eigenvalue weighted by Gasteiger charge is -2.36. The van der Waals surface area contributed by atoms with Crippen LogP contribution in [0.1, 0.15) is 49.7 Å². The predicted octanol–water partition coefficient (Wildman–Crippen LogP) is 4.38. The molecule has 0 N–H and O–H groups in total. The van der Waals surface area contributed by atoms with Crippen LogP contribution in [0.4, 0.5) is 0 Å². The fourth-order valence-corrected chi connectivity index (χ4v) is 4.91. The van der Waals surface area contributed by atoms with Crippen LogP contribution >= 0.6 is 0 Å². The van der Waals surface area contributed by atoms with Crippen LogP contribution in [0.2, 0.25) is 0 Å². The van der Waals surface area contributed by atoms with E-state index < -0.39 is 23.8 Å². The number of hydrogen-bond acceptors (Lipinski definition) is 7. The minimum absolute atomic E-state index is 0.0138. The zero-order valence-corrected chi connectivity index (χ0v) is 20.2. The lowest BCUT2D eigenvalue weighted by Crippen LogP contribution is -2.38. The molecule has 0 saturated heterocycles. The number of Topliss-reactive ketones (excluding diaryl/α,β-unsaturated/α-hetero) is 1. The van der Waals surface area contributed by atoms with E-state index in [0.717, 1.165) is 16.8 Å². The molecule has 2 aromatic carbocycles. The van der Waals surface area contributed by atoms with Crippen LogP contribution in [0, 0.1) is 5.92 Å². The van der Waals surface area contributed by atoms with E-state index in [1.165, 1.54) is 14.0 Å². The SMILES string of the molecule is COCCOC(=O)C1C(C)=NC2=C(C(=O)C[C@@H](c3ccccc3)C2)[C@H]1c1ccc(OC(C)=O)cc1. The molecule has 0 saturated carbocycles. The van der Waals surface area contributed by atoms with E-state index in [2.05, 4.69) is 0 Å². The summed E-state index contributed by atoms with van der Waals surface area (Å²) in [4.78, 5) is 42.9. The van der Waals surface area contributed by atoms with Crippen LogP contribution < -0.4 is 4.74 Å². The van der Waals surface area contributed by atoms with Gasteiger partial charge in [-0.2, -0.15) is 0 Å². The Morgan fingerprint density at radius 1 is 0.971 bits per heavy atom. The van der Waals surface area contributed by atoms with Crippen molar-refractivity contribution in [2.75, 3.05) is 20.3 Å². The molecule has 2 aromatic rings. The third-order valence-corrected chi connectivity index (χ3v) is 6.45. The summed E-state index contributed by atoms with van der Waals surface area (Å²) < 4.78 is 15.6. The highest BCUT2D eigenvalue weighted by Crippen LogP contribution is 2.47. The first kappa shape index (κ1) is 24.5. The molecular weight excluding hydrogens is 446 g/mol. The summed E-state index contributed by atoms with van der Waals surface area (Å²) in [5.74, 6) is -1.71. The Morgan fingerprint density at radius 3 is 2.34 bits per heavy atom. The fraction of sp³-hybridized carbons (Fsp3) is 0.357. The third kappa shape index (κ3) is 5.41.